The molecule has 0 heterocycles. The van der Waals surface area contributed by atoms with Crippen molar-refractivity contribution in [1.82, 2.24) is 0 Å². The molecule has 1 aliphatic rings. The third-order valence-electron chi connectivity index (χ3n) is 3.76. The molecule has 18 heavy (non-hydrogen) atoms. The van der Waals surface area contributed by atoms with E-state index in [1.807, 2.05) is 6.07 Å². The van der Waals surface area contributed by atoms with E-state index in [2.05, 4.69) is 13.8 Å². The van der Waals surface area contributed by atoms with Crippen LogP contribution in [0.1, 0.15) is 45.1 Å². The Kier molecular flexibility index (Phi) is 3.91. The molecular weight excluding hydrogens is 229 g/mol. The molecule has 0 radical (unpaired) electrons. The zero-order valence-electron chi connectivity index (χ0n) is 11.2. The van der Waals surface area contributed by atoms with Crippen molar-refractivity contribution in [2.24, 2.45) is 11.1 Å². The third-order valence-corrected chi connectivity index (χ3v) is 3.76. The Hall–Kier alpha value is -1.09. The minimum atomic E-state index is -0.274. The average molecular weight is 251 g/mol. The van der Waals surface area contributed by atoms with Crippen LogP contribution in [0.2, 0.25) is 0 Å². The normalized spacial score (nSPS) is 19.8. The molecule has 0 aliphatic heterocycles. The number of halogens is 1. The molecule has 0 spiro atoms. The highest BCUT2D eigenvalue weighted by atomic mass is 19.1. The van der Waals surface area contributed by atoms with E-state index in [0.717, 1.165) is 31.2 Å². The average Bonchev–Trinajstić information content (AvgIpc) is 2.31. The van der Waals surface area contributed by atoms with Crippen molar-refractivity contribution in [3.63, 3.8) is 0 Å². The Balaban J connectivity index is 2.00. The molecular formula is C15H22FNO. The molecule has 1 saturated carbocycles. The van der Waals surface area contributed by atoms with Crippen LogP contribution in [0.15, 0.2) is 18.2 Å². The first-order valence-electron chi connectivity index (χ1n) is 6.65. The summed E-state index contributed by atoms with van der Waals surface area (Å²) in [5.74, 6) is 0.337. The molecule has 0 bridgehead atoms. The lowest BCUT2D eigenvalue weighted by Gasteiger charge is -2.34. The van der Waals surface area contributed by atoms with Crippen LogP contribution < -0.4 is 10.5 Å². The van der Waals surface area contributed by atoms with Crippen molar-refractivity contribution in [2.75, 3.05) is 0 Å². The highest BCUT2D eigenvalue weighted by molar-refractivity contribution is 5.29. The van der Waals surface area contributed by atoms with E-state index in [0.29, 0.717) is 17.7 Å². The predicted molar refractivity (Wildman–Crippen MR) is 71.0 cm³/mol. The second-order valence-electron chi connectivity index (χ2n) is 5.98. The summed E-state index contributed by atoms with van der Waals surface area (Å²) in [6.45, 7) is 4.92. The van der Waals surface area contributed by atoms with Crippen LogP contribution in [0, 0.1) is 11.2 Å². The maximum Gasteiger partial charge on any atom is 0.127 e. The fourth-order valence-corrected chi connectivity index (χ4v) is 2.49. The van der Waals surface area contributed by atoms with Gasteiger partial charge in [0.15, 0.2) is 0 Å². The summed E-state index contributed by atoms with van der Waals surface area (Å²) >= 11 is 0. The summed E-state index contributed by atoms with van der Waals surface area (Å²) in [7, 11) is 0. The van der Waals surface area contributed by atoms with Gasteiger partial charge in [0.2, 0.25) is 0 Å². The van der Waals surface area contributed by atoms with Gasteiger partial charge in [-0.1, -0.05) is 13.8 Å². The second-order valence-corrected chi connectivity index (χ2v) is 5.98. The minimum Gasteiger partial charge on any atom is -0.490 e. The predicted octanol–water partition coefficient (Wildman–Crippen LogP) is 3.63. The van der Waals surface area contributed by atoms with Crippen LogP contribution in [0.3, 0.4) is 0 Å². The molecule has 0 unspecified atom stereocenters. The largest absolute Gasteiger partial charge is 0.490 e. The lowest BCUT2D eigenvalue weighted by molar-refractivity contribution is 0.0984. The van der Waals surface area contributed by atoms with E-state index in [9.17, 15) is 4.39 Å². The van der Waals surface area contributed by atoms with Gasteiger partial charge in [-0.05, 0) is 48.8 Å². The number of ether oxygens (including phenoxy) is 1. The summed E-state index contributed by atoms with van der Waals surface area (Å²) in [5, 5.41) is 0. The molecule has 1 aromatic carbocycles. The van der Waals surface area contributed by atoms with Gasteiger partial charge in [0.1, 0.15) is 11.6 Å². The monoisotopic (exact) mass is 251 g/mol. The van der Waals surface area contributed by atoms with Crippen molar-refractivity contribution in [2.45, 2.75) is 52.2 Å². The van der Waals surface area contributed by atoms with Gasteiger partial charge >= 0.3 is 0 Å². The van der Waals surface area contributed by atoms with E-state index in [4.69, 9.17) is 10.5 Å². The van der Waals surface area contributed by atoms with Gasteiger partial charge in [0, 0.05) is 12.6 Å². The lowest BCUT2D eigenvalue weighted by Crippen LogP contribution is -2.28. The quantitative estimate of drug-likeness (QED) is 0.890. The van der Waals surface area contributed by atoms with Gasteiger partial charge in [0.25, 0.3) is 0 Å². The van der Waals surface area contributed by atoms with E-state index >= 15 is 0 Å². The van der Waals surface area contributed by atoms with Crippen molar-refractivity contribution in [3.05, 3.63) is 29.6 Å². The summed E-state index contributed by atoms with van der Waals surface area (Å²) < 4.78 is 19.2. The first kappa shape index (κ1) is 13.3. The first-order valence-corrected chi connectivity index (χ1v) is 6.65. The lowest BCUT2D eigenvalue weighted by atomic mass is 9.76. The highest BCUT2D eigenvalue weighted by Crippen LogP contribution is 2.36. The topological polar surface area (TPSA) is 35.2 Å². The molecule has 0 saturated heterocycles. The summed E-state index contributed by atoms with van der Waals surface area (Å²) in [5.41, 5.74) is 6.73. The number of rotatable bonds is 3. The highest BCUT2D eigenvalue weighted by Gasteiger charge is 2.27. The zero-order valence-corrected chi connectivity index (χ0v) is 11.2. The molecule has 0 amide bonds. The Bertz CT molecular complexity index is 407. The third kappa shape index (κ3) is 3.45. The Morgan fingerprint density at radius 3 is 2.56 bits per heavy atom. The molecule has 2 nitrogen and oxygen atoms in total. The molecule has 1 aliphatic carbocycles. The summed E-state index contributed by atoms with van der Waals surface area (Å²) in [6, 6.07) is 4.73. The second kappa shape index (κ2) is 5.27. The fourth-order valence-electron chi connectivity index (χ4n) is 2.49. The van der Waals surface area contributed by atoms with Gasteiger partial charge in [-0.2, -0.15) is 0 Å². The van der Waals surface area contributed by atoms with Crippen LogP contribution >= 0.6 is 0 Å². The number of hydrogen-bond donors (Lipinski definition) is 1. The van der Waals surface area contributed by atoms with Gasteiger partial charge < -0.3 is 10.5 Å². The van der Waals surface area contributed by atoms with Gasteiger partial charge in [-0.25, -0.2) is 4.39 Å². The molecule has 1 fully saturated rings. The maximum absolute atomic E-state index is 13.4. The minimum absolute atomic E-state index is 0.213. The summed E-state index contributed by atoms with van der Waals surface area (Å²) in [6.07, 6.45) is 4.63. The molecule has 2 rings (SSSR count). The van der Waals surface area contributed by atoms with Crippen LogP contribution in [0.5, 0.6) is 5.75 Å². The number of benzene rings is 1. The van der Waals surface area contributed by atoms with Crippen LogP contribution in [0.4, 0.5) is 4.39 Å². The van der Waals surface area contributed by atoms with E-state index in [1.165, 1.54) is 12.1 Å². The Morgan fingerprint density at radius 2 is 1.94 bits per heavy atom. The van der Waals surface area contributed by atoms with E-state index in [-0.39, 0.29) is 11.9 Å². The Morgan fingerprint density at radius 1 is 1.28 bits per heavy atom. The molecule has 0 aromatic heterocycles. The van der Waals surface area contributed by atoms with E-state index in [1.54, 1.807) is 0 Å². The SMILES string of the molecule is CC1(C)CCC(Oc2cc(F)cc(CN)c2)CC1. The molecule has 0 atom stereocenters. The van der Waals surface area contributed by atoms with Gasteiger partial charge in [0.05, 0.1) is 6.10 Å². The van der Waals surface area contributed by atoms with Crippen molar-refractivity contribution < 1.29 is 9.13 Å². The molecule has 100 valence electrons. The maximum atomic E-state index is 13.4. The fraction of sp³-hybridized carbons (Fsp3) is 0.600. The summed E-state index contributed by atoms with van der Waals surface area (Å²) in [4.78, 5) is 0. The van der Waals surface area contributed by atoms with Gasteiger partial charge in [-0.15, -0.1) is 0 Å². The van der Waals surface area contributed by atoms with Crippen molar-refractivity contribution in [1.29, 1.82) is 0 Å². The number of hydrogen-bond acceptors (Lipinski definition) is 2. The molecule has 3 heteroatoms. The standard InChI is InChI=1S/C15H22FNO/c1-15(2)5-3-13(4-6-15)18-14-8-11(10-17)7-12(16)9-14/h7-9,13H,3-6,10,17H2,1-2H3. The van der Waals surface area contributed by atoms with Crippen LogP contribution in [-0.2, 0) is 6.54 Å². The molecule has 2 N–H and O–H groups in total. The zero-order chi connectivity index (χ0) is 13.2. The number of nitrogens with two attached hydrogens (primary N) is 1. The molecule has 1 aromatic rings. The first-order chi connectivity index (χ1) is 8.48. The van der Waals surface area contributed by atoms with E-state index < -0.39 is 0 Å². The van der Waals surface area contributed by atoms with Crippen LogP contribution in [0.25, 0.3) is 0 Å². The smallest absolute Gasteiger partial charge is 0.127 e. The van der Waals surface area contributed by atoms with Crippen molar-refractivity contribution >= 4 is 0 Å². The Labute approximate surface area is 108 Å². The van der Waals surface area contributed by atoms with Crippen molar-refractivity contribution in [3.8, 4) is 5.75 Å². The van der Waals surface area contributed by atoms with Gasteiger partial charge in [-0.3, -0.25) is 0 Å². The van der Waals surface area contributed by atoms with Crippen LogP contribution in [-0.4, -0.2) is 6.10 Å².